The molecular weight excluding hydrogens is 459 g/mol. The van der Waals surface area contributed by atoms with Crippen molar-refractivity contribution in [3.63, 3.8) is 0 Å². The van der Waals surface area contributed by atoms with E-state index in [1.807, 2.05) is 34.7 Å². The number of nitrogens with one attached hydrogen (secondary N) is 2. The molecule has 3 rings (SSSR count). The molecule has 0 spiro atoms. The summed E-state index contributed by atoms with van der Waals surface area (Å²) in [6.07, 6.45) is 0.0654. The van der Waals surface area contributed by atoms with Crippen LogP contribution in [0, 0.1) is 0 Å². The van der Waals surface area contributed by atoms with Crippen molar-refractivity contribution in [3.05, 3.63) is 59.2 Å². The maximum Gasteiger partial charge on any atom is 0.490 e. The normalized spacial score (nSPS) is 10.8. The summed E-state index contributed by atoms with van der Waals surface area (Å²) in [6, 6.07) is 9.39. The Morgan fingerprint density at radius 3 is 2.38 bits per heavy atom. The SMILES string of the molecule is O=C(NCCNc1ccncc1)c1cn2c(Br)cccc2n1.O=C(O)C(F)(F)F. The summed E-state index contributed by atoms with van der Waals surface area (Å²) >= 11 is 3.43. The van der Waals surface area contributed by atoms with Crippen molar-refractivity contribution < 1.29 is 27.9 Å². The second kappa shape index (κ2) is 9.87. The minimum absolute atomic E-state index is 0.188. The van der Waals surface area contributed by atoms with Crippen LogP contribution in [0.5, 0.6) is 0 Å². The minimum Gasteiger partial charge on any atom is -0.475 e. The molecular formula is C17H15BrF3N5O3. The molecule has 0 unspecified atom stereocenters. The molecule has 8 nitrogen and oxygen atoms in total. The van der Waals surface area contributed by atoms with Crippen LogP contribution in [0.25, 0.3) is 5.65 Å². The van der Waals surface area contributed by atoms with Crippen molar-refractivity contribution in [1.29, 1.82) is 0 Å². The topological polar surface area (TPSA) is 109 Å². The number of hydrogen-bond acceptors (Lipinski definition) is 5. The molecule has 0 saturated heterocycles. The summed E-state index contributed by atoms with van der Waals surface area (Å²) in [5.41, 5.74) is 2.10. The largest absolute Gasteiger partial charge is 0.490 e. The van der Waals surface area contributed by atoms with E-state index in [4.69, 9.17) is 9.90 Å². The van der Waals surface area contributed by atoms with Crippen LogP contribution in [0.3, 0.4) is 0 Å². The van der Waals surface area contributed by atoms with E-state index in [1.54, 1.807) is 18.6 Å². The fourth-order valence-electron chi connectivity index (χ4n) is 2.03. The van der Waals surface area contributed by atoms with Crippen LogP contribution >= 0.6 is 15.9 Å². The number of alkyl halides is 3. The summed E-state index contributed by atoms with van der Waals surface area (Å²) in [6.45, 7) is 1.14. The van der Waals surface area contributed by atoms with E-state index in [9.17, 15) is 18.0 Å². The second-order valence-corrected chi connectivity index (χ2v) is 6.24. The molecule has 0 aliphatic rings. The van der Waals surface area contributed by atoms with Gasteiger partial charge in [0.15, 0.2) is 0 Å². The highest BCUT2D eigenvalue weighted by Crippen LogP contribution is 2.14. The zero-order valence-electron chi connectivity index (χ0n) is 14.7. The number of hydrogen-bond donors (Lipinski definition) is 3. The van der Waals surface area contributed by atoms with E-state index < -0.39 is 12.1 Å². The van der Waals surface area contributed by atoms with Gasteiger partial charge in [-0.1, -0.05) is 6.07 Å². The maximum atomic E-state index is 12.1. The van der Waals surface area contributed by atoms with E-state index in [2.05, 4.69) is 36.5 Å². The number of aliphatic carboxylic acids is 1. The second-order valence-electron chi connectivity index (χ2n) is 5.42. The Hall–Kier alpha value is -3.15. The van der Waals surface area contributed by atoms with Gasteiger partial charge in [-0.25, -0.2) is 9.78 Å². The van der Waals surface area contributed by atoms with Crippen molar-refractivity contribution >= 4 is 39.1 Å². The summed E-state index contributed by atoms with van der Waals surface area (Å²) in [4.78, 5) is 29.2. The van der Waals surface area contributed by atoms with Gasteiger partial charge in [0.1, 0.15) is 11.3 Å². The molecule has 0 radical (unpaired) electrons. The van der Waals surface area contributed by atoms with Crippen LogP contribution in [-0.4, -0.2) is 50.6 Å². The molecule has 3 heterocycles. The molecule has 29 heavy (non-hydrogen) atoms. The van der Waals surface area contributed by atoms with Gasteiger partial charge in [0.05, 0.1) is 4.60 Å². The first-order valence-electron chi connectivity index (χ1n) is 8.04. The van der Waals surface area contributed by atoms with Crippen LogP contribution in [0.2, 0.25) is 0 Å². The molecule has 0 aliphatic heterocycles. The molecule has 0 atom stereocenters. The highest BCUT2D eigenvalue weighted by Gasteiger charge is 2.38. The molecule has 3 aromatic heterocycles. The highest BCUT2D eigenvalue weighted by molar-refractivity contribution is 9.10. The molecule has 0 bridgehead atoms. The van der Waals surface area contributed by atoms with Crippen molar-refractivity contribution in [2.24, 2.45) is 0 Å². The lowest BCUT2D eigenvalue weighted by atomic mass is 10.4. The molecule has 0 aromatic carbocycles. The maximum absolute atomic E-state index is 12.1. The van der Waals surface area contributed by atoms with E-state index in [-0.39, 0.29) is 5.91 Å². The summed E-state index contributed by atoms with van der Waals surface area (Å²) in [5, 5.41) is 13.2. The molecule has 0 fully saturated rings. The fourth-order valence-corrected chi connectivity index (χ4v) is 2.47. The Labute approximate surface area is 170 Å². The third-order valence-electron chi connectivity index (χ3n) is 3.34. The van der Waals surface area contributed by atoms with Crippen molar-refractivity contribution in [2.75, 3.05) is 18.4 Å². The Bertz CT molecular complexity index is 979. The van der Waals surface area contributed by atoms with Gasteiger partial charge in [0.25, 0.3) is 5.91 Å². The van der Waals surface area contributed by atoms with E-state index in [0.717, 1.165) is 15.9 Å². The van der Waals surface area contributed by atoms with E-state index in [0.29, 0.717) is 18.8 Å². The summed E-state index contributed by atoms with van der Waals surface area (Å²) in [5.74, 6) is -2.94. The van der Waals surface area contributed by atoms with E-state index >= 15 is 0 Å². The third-order valence-corrected chi connectivity index (χ3v) is 3.98. The molecule has 154 valence electrons. The first kappa shape index (κ1) is 22.1. The molecule has 3 aromatic rings. The number of anilines is 1. The van der Waals surface area contributed by atoms with Crippen LogP contribution in [0.15, 0.2) is 53.5 Å². The lowest BCUT2D eigenvalue weighted by Gasteiger charge is -2.06. The number of carboxylic acid groups (broad SMARTS) is 1. The van der Waals surface area contributed by atoms with E-state index in [1.165, 1.54) is 0 Å². The van der Waals surface area contributed by atoms with Gasteiger partial charge >= 0.3 is 12.1 Å². The van der Waals surface area contributed by atoms with Gasteiger partial charge in [-0.2, -0.15) is 13.2 Å². The number of carbonyl (C=O) groups is 2. The average molecular weight is 474 g/mol. The Balaban J connectivity index is 0.000000370. The predicted octanol–water partition coefficient (Wildman–Crippen LogP) is 2.97. The zero-order valence-corrected chi connectivity index (χ0v) is 16.2. The number of carboxylic acids is 1. The Kier molecular flexibility index (Phi) is 7.53. The molecule has 0 saturated carbocycles. The number of pyridine rings is 2. The molecule has 12 heteroatoms. The number of rotatable bonds is 5. The Morgan fingerprint density at radius 1 is 1.14 bits per heavy atom. The van der Waals surface area contributed by atoms with Crippen molar-refractivity contribution in [3.8, 4) is 0 Å². The monoisotopic (exact) mass is 473 g/mol. The highest BCUT2D eigenvalue weighted by atomic mass is 79.9. The number of halogens is 4. The van der Waals surface area contributed by atoms with Gasteiger partial charge in [-0.15, -0.1) is 0 Å². The molecule has 1 amide bonds. The van der Waals surface area contributed by atoms with Gasteiger partial charge in [-0.05, 0) is 40.2 Å². The Morgan fingerprint density at radius 2 is 1.79 bits per heavy atom. The van der Waals surface area contributed by atoms with Crippen molar-refractivity contribution in [2.45, 2.75) is 6.18 Å². The van der Waals surface area contributed by atoms with Crippen LogP contribution in [0.1, 0.15) is 10.5 Å². The third kappa shape index (κ3) is 6.75. The minimum atomic E-state index is -5.08. The van der Waals surface area contributed by atoms with Crippen molar-refractivity contribution in [1.82, 2.24) is 19.7 Å². The number of carbonyl (C=O) groups excluding carboxylic acids is 1. The van der Waals surface area contributed by atoms with Crippen LogP contribution in [0.4, 0.5) is 18.9 Å². The lowest BCUT2D eigenvalue weighted by molar-refractivity contribution is -0.192. The van der Waals surface area contributed by atoms with Crippen LogP contribution < -0.4 is 10.6 Å². The number of nitrogens with zero attached hydrogens (tertiary/aromatic N) is 3. The summed E-state index contributed by atoms with van der Waals surface area (Å²) in [7, 11) is 0. The quantitative estimate of drug-likeness (QED) is 0.388. The zero-order chi connectivity index (χ0) is 21.4. The first-order valence-corrected chi connectivity index (χ1v) is 8.83. The van der Waals surface area contributed by atoms with Gasteiger partial charge in [0, 0.05) is 37.4 Å². The fraction of sp³-hybridized carbons (Fsp3) is 0.176. The number of aromatic nitrogens is 3. The number of imidazole rings is 1. The predicted molar refractivity (Wildman–Crippen MR) is 102 cm³/mol. The smallest absolute Gasteiger partial charge is 0.475 e. The van der Waals surface area contributed by atoms with Crippen LogP contribution in [-0.2, 0) is 4.79 Å². The van der Waals surface area contributed by atoms with Gasteiger partial charge in [-0.3, -0.25) is 14.2 Å². The first-order chi connectivity index (χ1) is 13.7. The lowest BCUT2D eigenvalue weighted by Crippen LogP contribution is -2.29. The number of amides is 1. The number of fused-ring (bicyclic) bond motifs is 1. The van der Waals surface area contributed by atoms with Gasteiger partial charge < -0.3 is 15.7 Å². The van der Waals surface area contributed by atoms with Gasteiger partial charge in [0.2, 0.25) is 0 Å². The summed E-state index contributed by atoms with van der Waals surface area (Å²) < 4.78 is 34.4. The standard InChI is InChI=1S/C15H14BrN5O.C2HF3O2/c16-13-2-1-3-14-20-12(10-21(13)14)15(22)19-9-8-18-11-4-6-17-7-5-11;3-2(4,5)1(6)7/h1-7,10H,8-9H2,(H,17,18)(H,19,22);(H,6,7). The molecule has 0 aliphatic carbocycles. The average Bonchev–Trinajstić information content (AvgIpc) is 3.11. The molecule has 3 N–H and O–H groups in total.